The first-order chi connectivity index (χ1) is 10.0. The predicted molar refractivity (Wildman–Crippen MR) is 83.9 cm³/mol. The molecule has 0 aliphatic heterocycles. The van der Waals surface area contributed by atoms with E-state index >= 15 is 0 Å². The van der Waals surface area contributed by atoms with Gasteiger partial charge in [0.25, 0.3) is 0 Å². The van der Waals surface area contributed by atoms with Gasteiger partial charge in [0.15, 0.2) is 11.5 Å². The summed E-state index contributed by atoms with van der Waals surface area (Å²) in [5, 5.41) is 33.9. The van der Waals surface area contributed by atoms with E-state index in [0.717, 1.165) is 0 Å². The molecule has 1 aromatic carbocycles. The Labute approximate surface area is 128 Å². The van der Waals surface area contributed by atoms with E-state index in [4.69, 9.17) is 0 Å². The lowest BCUT2D eigenvalue weighted by Crippen LogP contribution is -2.30. The van der Waals surface area contributed by atoms with E-state index in [1.165, 1.54) is 10.9 Å². The van der Waals surface area contributed by atoms with Gasteiger partial charge < -0.3 is 25.5 Å². The van der Waals surface area contributed by atoms with E-state index in [-0.39, 0.29) is 17.5 Å². The van der Waals surface area contributed by atoms with Gasteiger partial charge in [-0.3, -0.25) is 0 Å². The van der Waals surface area contributed by atoms with Crippen molar-refractivity contribution in [2.45, 2.75) is 12.6 Å². The number of phenolic OH excluding ortho intramolecular Hbond substituents is 3. The van der Waals surface area contributed by atoms with E-state index in [1.807, 2.05) is 20.2 Å². The third kappa shape index (κ3) is 3.66. The van der Waals surface area contributed by atoms with Gasteiger partial charge in [-0.25, -0.2) is 0 Å². The molecule has 0 bridgehead atoms. The van der Waals surface area contributed by atoms with Crippen LogP contribution in [0.5, 0.6) is 17.2 Å². The van der Waals surface area contributed by atoms with Crippen molar-refractivity contribution in [1.29, 1.82) is 0 Å². The fraction of sp³-hybridized carbons (Fsp3) is 0.333. The fourth-order valence-corrected chi connectivity index (χ4v) is 3.04. The second-order valence-corrected chi connectivity index (χ2v) is 6.05. The summed E-state index contributed by atoms with van der Waals surface area (Å²) in [7, 11) is 4.05. The summed E-state index contributed by atoms with van der Waals surface area (Å²) in [6.07, 6.45) is 0. The number of hydrogen-bond donors (Lipinski definition) is 4. The molecule has 0 aliphatic rings. The molecule has 6 heteroatoms. The van der Waals surface area contributed by atoms with Crippen molar-refractivity contribution in [2.75, 3.05) is 20.6 Å². The van der Waals surface area contributed by atoms with Crippen LogP contribution >= 0.6 is 11.3 Å². The largest absolute Gasteiger partial charge is 0.504 e. The Balaban J connectivity index is 1.99. The lowest BCUT2D eigenvalue weighted by atomic mass is 10.1. The fourth-order valence-electron chi connectivity index (χ4n) is 2.12. The first-order valence-corrected chi connectivity index (χ1v) is 7.52. The number of benzene rings is 1. The number of hydrogen-bond acceptors (Lipinski definition) is 6. The van der Waals surface area contributed by atoms with Gasteiger partial charge in [-0.2, -0.15) is 0 Å². The molecular weight excluding hydrogens is 288 g/mol. The molecule has 21 heavy (non-hydrogen) atoms. The molecule has 0 spiro atoms. The summed E-state index contributed by atoms with van der Waals surface area (Å²) in [6.45, 7) is 1.13. The second kappa shape index (κ2) is 6.80. The number of rotatable bonds is 6. The number of aromatic hydroxyl groups is 3. The molecule has 0 aliphatic carbocycles. The summed E-state index contributed by atoms with van der Waals surface area (Å²) in [5.74, 6) is -1.07. The van der Waals surface area contributed by atoms with E-state index in [1.54, 1.807) is 17.4 Å². The van der Waals surface area contributed by atoms with Crippen LogP contribution in [0.4, 0.5) is 0 Å². The highest BCUT2D eigenvalue weighted by molar-refractivity contribution is 7.10. The highest BCUT2D eigenvalue weighted by Gasteiger charge is 2.15. The normalized spacial score (nSPS) is 12.7. The minimum Gasteiger partial charge on any atom is -0.504 e. The molecule has 0 amide bonds. The Kier molecular flexibility index (Phi) is 5.06. The molecule has 0 fully saturated rings. The van der Waals surface area contributed by atoms with Crippen LogP contribution in [0.3, 0.4) is 0 Å². The van der Waals surface area contributed by atoms with Crippen LogP contribution in [0.25, 0.3) is 0 Å². The van der Waals surface area contributed by atoms with Gasteiger partial charge in [0, 0.05) is 23.5 Å². The molecule has 5 nitrogen and oxygen atoms in total. The average molecular weight is 308 g/mol. The van der Waals surface area contributed by atoms with E-state index in [0.29, 0.717) is 18.7 Å². The Bertz CT molecular complexity index is 585. The van der Waals surface area contributed by atoms with Crippen molar-refractivity contribution in [2.24, 2.45) is 0 Å². The van der Waals surface area contributed by atoms with Crippen LogP contribution in [0.2, 0.25) is 0 Å². The first-order valence-electron chi connectivity index (χ1n) is 6.64. The second-order valence-electron chi connectivity index (χ2n) is 5.07. The Morgan fingerprint density at radius 3 is 2.52 bits per heavy atom. The maximum Gasteiger partial charge on any atom is 0.200 e. The highest BCUT2D eigenvalue weighted by atomic mass is 32.1. The van der Waals surface area contributed by atoms with Crippen molar-refractivity contribution in [3.8, 4) is 17.2 Å². The molecule has 2 rings (SSSR count). The summed E-state index contributed by atoms with van der Waals surface area (Å²) in [4.78, 5) is 3.40. The molecule has 114 valence electrons. The standard InChI is InChI=1S/C15H20N2O3S/c1-17(2)11(13-4-3-7-21-13)9-16-8-10-5-6-12(18)15(20)14(10)19/h3-7,11,16,18-20H,8-9H2,1-2H3. The van der Waals surface area contributed by atoms with Crippen LogP contribution in [0, 0.1) is 0 Å². The molecule has 2 aromatic rings. The maximum absolute atomic E-state index is 9.78. The van der Waals surface area contributed by atoms with Crippen LogP contribution < -0.4 is 5.32 Å². The zero-order valence-electron chi connectivity index (χ0n) is 12.1. The number of thiophene rings is 1. The van der Waals surface area contributed by atoms with Crippen LogP contribution in [0.15, 0.2) is 29.6 Å². The molecule has 1 aromatic heterocycles. The third-order valence-corrected chi connectivity index (χ3v) is 4.34. The first kappa shape index (κ1) is 15.6. The Morgan fingerprint density at radius 2 is 1.90 bits per heavy atom. The van der Waals surface area contributed by atoms with Gasteiger partial charge in [0.2, 0.25) is 5.75 Å². The van der Waals surface area contributed by atoms with Crippen molar-refractivity contribution in [3.63, 3.8) is 0 Å². The van der Waals surface area contributed by atoms with Gasteiger partial charge in [0.1, 0.15) is 0 Å². The number of nitrogens with zero attached hydrogens (tertiary/aromatic N) is 1. The third-order valence-electron chi connectivity index (χ3n) is 3.36. The molecule has 4 N–H and O–H groups in total. The molecular formula is C15H20N2O3S. The van der Waals surface area contributed by atoms with Gasteiger partial charge in [-0.15, -0.1) is 11.3 Å². The smallest absolute Gasteiger partial charge is 0.200 e. The van der Waals surface area contributed by atoms with Crippen molar-refractivity contribution < 1.29 is 15.3 Å². The lowest BCUT2D eigenvalue weighted by Gasteiger charge is -2.23. The minimum atomic E-state index is -0.475. The highest BCUT2D eigenvalue weighted by Crippen LogP contribution is 2.36. The van der Waals surface area contributed by atoms with Crippen LogP contribution in [-0.2, 0) is 6.54 Å². The average Bonchev–Trinajstić information content (AvgIpc) is 2.96. The maximum atomic E-state index is 9.78. The molecule has 0 radical (unpaired) electrons. The van der Waals surface area contributed by atoms with Gasteiger partial charge in [-0.1, -0.05) is 12.1 Å². The number of likely N-dealkylation sites (N-methyl/N-ethyl adjacent to an activating group) is 1. The molecule has 1 unspecified atom stereocenters. The SMILES string of the molecule is CN(C)C(CNCc1ccc(O)c(O)c1O)c1cccs1. The van der Waals surface area contributed by atoms with E-state index in [2.05, 4.69) is 21.7 Å². The van der Waals surface area contributed by atoms with E-state index in [9.17, 15) is 15.3 Å². The molecule has 1 atom stereocenters. The molecule has 0 saturated heterocycles. The van der Waals surface area contributed by atoms with Gasteiger partial charge >= 0.3 is 0 Å². The summed E-state index contributed by atoms with van der Waals surface area (Å²) < 4.78 is 0. The molecule has 1 heterocycles. The van der Waals surface area contributed by atoms with Gasteiger partial charge in [0.05, 0.1) is 6.04 Å². The summed E-state index contributed by atoms with van der Waals surface area (Å²) in [5.41, 5.74) is 0.550. The predicted octanol–water partition coefficient (Wildman–Crippen LogP) is 2.26. The van der Waals surface area contributed by atoms with Crippen molar-refractivity contribution >= 4 is 11.3 Å². The zero-order valence-corrected chi connectivity index (χ0v) is 12.9. The van der Waals surface area contributed by atoms with Crippen LogP contribution in [-0.4, -0.2) is 40.9 Å². The summed E-state index contributed by atoms with van der Waals surface area (Å²) in [6, 6.07) is 7.33. The zero-order chi connectivity index (χ0) is 15.4. The van der Waals surface area contributed by atoms with E-state index < -0.39 is 5.75 Å². The van der Waals surface area contributed by atoms with Crippen molar-refractivity contribution in [1.82, 2.24) is 10.2 Å². The topological polar surface area (TPSA) is 76.0 Å². The quantitative estimate of drug-likeness (QED) is 0.616. The lowest BCUT2D eigenvalue weighted by molar-refractivity contribution is 0.291. The summed E-state index contributed by atoms with van der Waals surface area (Å²) >= 11 is 1.71. The molecule has 0 saturated carbocycles. The Hall–Kier alpha value is -1.76. The number of nitrogens with one attached hydrogen (secondary N) is 1. The minimum absolute atomic E-state index is 0.248. The Morgan fingerprint density at radius 1 is 1.14 bits per heavy atom. The monoisotopic (exact) mass is 308 g/mol. The van der Waals surface area contributed by atoms with Crippen LogP contribution in [0.1, 0.15) is 16.5 Å². The number of phenols is 3. The van der Waals surface area contributed by atoms with Gasteiger partial charge in [-0.05, 0) is 31.6 Å². The van der Waals surface area contributed by atoms with Crippen molar-refractivity contribution in [3.05, 3.63) is 40.1 Å².